The number of aromatic nitrogens is 1. The topological polar surface area (TPSA) is 92.9 Å². The molecule has 0 saturated heterocycles. The number of benzene rings is 2. The second-order valence-electron chi connectivity index (χ2n) is 7.12. The van der Waals surface area contributed by atoms with E-state index in [1.165, 1.54) is 12.0 Å². The van der Waals surface area contributed by atoms with E-state index in [1.54, 1.807) is 37.3 Å². The standard InChI is InChI=1S/C23H20N2O5/c1-13-4-6-15(7-5-13)19-20(16-8-10-17(11-9-16)23(28)29-3)25(22(27)21(19)26)18-12-14(2)30-24-18/h4-12,20,26H,1-3H3. The van der Waals surface area contributed by atoms with E-state index < -0.39 is 17.9 Å². The predicted molar refractivity (Wildman–Crippen MR) is 110 cm³/mol. The van der Waals surface area contributed by atoms with Gasteiger partial charge in [0.1, 0.15) is 5.76 Å². The van der Waals surface area contributed by atoms with Gasteiger partial charge in [-0.1, -0.05) is 47.1 Å². The van der Waals surface area contributed by atoms with Crippen molar-refractivity contribution in [3.05, 3.63) is 88.4 Å². The van der Waals surface area contributed by atoms with Gasteiger partial charge < -0.3 is 14.4 Å². The highest BCUT2D eigenvalue weighted by Crippen LogP contribution is 2.45. The lowest BCUT2D eigenvalue weighted by molar-refractivity contribution is -0.117. The van der Waals surface area contributed by atoms with Crippen LogP contribution in [0.1, 0.15) is 38.9 Å². The van der Waals surface area contributed by atoms with Crippen LogP contribution in [-0.2, 0) is 9.53 Å². The first-order chi connectivity index (χ1) is 14.4. The zero-order chi connectivity index (χ0) is 21.4. The third kappa shape index (κ3) is 3.24. The Morgan fingerprint density at radius 2 is 1.77 bits per heavy atom. The molecule has 1 amide bonds. The number of rotatable bonds is 4. The number of aliphatic hydroxyl groups excluding tert-OH is 1. The van der Waals surface area contributed by atoms with Crippen molar-refractivity contribution in [2.24, 2.45) is 0 Å². The number of hydrogen-bond acceptors (Lipinski definition) is 6. The van der Waals surface area contributed by atoms with Crippen LogP contribution in [0.2, 0.25) is 0 Å². The molecule has 2 heterocycles. The average molecular weight is 404 g/mol. The average Bonchev–Trinajstić information content (AvgIpc) is 3.29. The van der Waals surface area contributed by atoms with Crippen molar-refractivity contribution in [2.75, 3.05) is 12.0 Å². The fraction of sp³-hybridized carbons (Fsp3) is 0.174. The number of methoxy groups -OCH3 is 1. The van der Waals surface area contributed by atoms with Crippen LogP contribution >= 0.6 is 0 Å². The third-order valence-electron chi connectivity index (χ3n) is 5.08. The van der Waals surface area contributed by atoms with E-state index in [9.17, 15) is 14.7 Å². The van der Waals surface area contributed by atoms with Gasteiger partial charge in [0.2, 0.25) is 0 Å². The number of hydrogen-bond donors (Lipinski definition) is 1. The number of carbonyl (C=O) groups is 2. The highest BCUT2D eigenvalue weighted by atomic mass is 16.5. The lowest BCUT2D eigenvalue weighted by Gasteiger charge is -2.25. The molecule has 0 bridgehead atoms. The molecule has 2 aromatic carbocycles. The lowest BCUT2D eigenvalue weighted by Crippen LogP contribution is -2.30. The minimum atomic E-state index is -0.642. The van der Waals surface area contributed by atoms with E-state index >= 15 is 0 Å². The van der Waals surface area contributed by atoms with Crippen LogP contribution < -0.4 is 4.90 Å². The highest BCUT2D eigenvalue weighted by Gasteiger charge is 2.43. The molecule has 1 unspecified atom stereocenters. The van der Waals surface area contributed by atoms with Gasteiger partial charge in [-0.25, -0.2) is 4.79 Å². The van der Waals surface area contributed by atoms with Crippen molar-refractivity contribution in [1.82, 2.24) is 5.16 Å². The third-order valence-corrected chi connectivity index (χ3v) is 5.08. The maximum atomic E-state index is 13.0. The van der Waals surface area contributed by atoms with Crippen LogP contribution in [-0.4, -0.2) is 29.2 Å². The van der Waals surface area contributed by atoms with Crippen LogP contribution in [0.4, 0.5) is 5.82 Å². The number of nitrogens with zero attached hydrogens (tertiary/aromatic N) is 2. The first-order valence-corrected chi connectivity index (χ1v) is 9.36. The number of aryl methyl sites for hydroxylation is 2. The van der Waals surface area contributed by atoms with Gasteiger partial charge >= 0.3 is 5.97 Å². The molecular formula is C23H20N2O5. The van der Waals surface area contributed by atoms with Crippen molar-refractivity contribution in [1.29, 1.82) is 0 Å². The molecule has 4 rings (SSSR count). The molecular weight excluding hydrogens is 384 g/mol. The molecule has 0 spiro atoms. The molecule has 7 nitrogen and oxygen atoms in total. The summed E-state index contributed by atoms with van der Waals surface area (Å²) in [5.41, 5.74) is 3.34. The quantitative estimate of drug-likeness (QED) is 0.657. The second kappa shape index (κ2) is 7.51. The molecule has 0 fully saturated rings. The van der Waals surface area contributed by atoms with Crippen molar-refractivity contribution in [3.8, 4) is 0 Å². The lowest BCUT2D eigenvalue weighted by atomic mass is 9.92. The van der Waals surface area contributed by atoms with Gasteiger partial charge in [0.05, 0.1) is 18.7 Å². The summed E-state index contributed by atoms with van der Waals surface area (Å²) in [6.07, 6.45) is 0. The van der Waals surface area contributed by atoms with Crippen molar-refractivity contribution in [3.63, 3.8) is 0 Å². The van der Waals surface area contributed by atoms with E-state index in [0.717, 1.165) is 11.1 Å². The fourth-order valence-electron chi connectivity index (χ4n) is 3.57. The summed E-state index contributed by atoms with van der Waals surface area (Å²) in [6, 6.07) is 15.3. The Morgan fingerprint density at radius 1 is 1.10 bits per heavy atom. The zero-order valence-corrected chi connectivity index (χ0v) is 16.7. The maximum absolute atomic E-state index is 13.0. The van der Waals surface area contributed by atoms with E-state index in [1.807, 2.05) is 31.2 Å². The molecule has 30 heavy (non-hydrogen) atoms. The molecule has 1 aromatic heterocycles. The van der Waals surface area contributed by atoms with Gasteiger partial charge in [-0.15, -0.1) is 0 Å². The summed E-state index contributed by atoms with van der Waals surface area (Å²) in [7, 11) is 1.32. The normalized spacial score (nSPS) is 16.3. The molecule has 0 radical (unpaired) electrons. The Kier molecular flexibility index (Phi) is 4.87. The Labute approximate surface area is 173 Å². The number of carbonyl (C=O) groups excluding carboxylic acids is 2. The van der Waals surface area contributed by atoms with E-state index in [2.05, 4.69) is 5.16 Å². The number of aliphatic hydroxyl groups is 1. The highest BCUT2D eigenvalue weighted by molar-refractivity contribution is 6.15. The predicted octanol–water partition coefficient (Wildman–Crippen LogP) is 4.14. The summed E-state index contributed by atoms with van der Waals surface area (Å²) < 4.78 is 9.92. The van der Waals surface area contributed by atoms with Crippen LogP contribution in [0.15, 0.2) is 64.9 Å². The summed E-state index contributed by atoms with van der Waals surface area (Å²) in [6.45, 7) is 3.69. The largest absolute Gasteiger partial charge is 0.503 e. The van der Waals surface area contributed by atoms with Gasteiger partial charge in [-0.05, 0) is 37.1 Å². The summed E-state index contributed by atoms with van der Waals surface area (Å²) in [5.74, 6) is -0.526. The molecule has 1 N–H and O–H groups in total. The fourth-order valence-corrected chi connectivity index (χ4v) is 3.57. The number of ether oxygens (including phenoxy) is 1. The molecule has 1 aliphatic rings. The van der Waals surface area contributed by atoms with Gasteiger partial charge in [0.25, 0.3) is 5.91 Å². The zero-order valence-electron chi connectivity index (χ0n) is 16.7. The van der Waals surface area contributed by atoms with Crippen LogP contribution in [0.25, 0.3) is 5.57 Å². The first kappa shape index (κ1) is 19.4. The van der Waals surface area contributed by atoms with Gasteiger partial charge in [-0.2, -0.15) is 0 Å². The van der Waals surface area contributed by atoms with Crippen molar-refractivity contribution < 1.29 is 24.0 Å². The van der Waals surface area contributed by atoms with Crippen molar-refractivity contribution in [2.45, 2.75) is 19.9 Å². The van der Waals surface area contributed by atoms with Gasteiger partial charge in [-0.3, -0.25) is 9.69 Å². The minimum Gasteiger partial charge on any atom is -0.503 e. The van der Waals surface area contributed by atoms with Crippen LogP contribution in [0.3, 0.4) is 0 Å². The van der Waals surface area contributed by atoms with Crippen LogP contribution in [0, 0.1) is 13.8 Å². The number of esters is 1. The number of amides is 1. The maximum Gasteiger partial charge on any atom is 0.337 e. The molecule has 0 aliphatic carbocycles. The summed E-state index contributed by atoms with van der Waals surface area (Å²) in [5, 5.41) is 14.8. The molecule has 1 aliphatic heterocycles. The second-order valence-corrected chi connectivity index (χ2v) is 7.12. The molecule has 3 aromatic rings. The smallest absolute Gasteiger partial charge is 0.337 e. The van der Waals surface area contributed by atoms with E-state index in [-0.39, 0.29) is 5.76 Å². The van der Waals surface area contributed by atoms with Gasteiger partial charge in [0, 0.05) is 11.6 Å². The Balaban J connectivity index is 1.86. The first-order valence-electron chi connectivity index (χ1n) is 9.36. The Hall–Kier alpha value is -3.87. The van der Waals surface area contributed by atoms with E-state index in [0.29, 0.717) is 28.3 Å². The summed E-state index contributed by atoms with van der Waals surface area (Å²) in [4.78, 5) is 26.2. The minimum absolute atomic E-state index is 0.299. The molecule has 0 saturated carbocycles. The Morgan fingerprint density at radius 3 is 2.33 bits per heavy atom. The summed E-state index contributed by atoms with van der Waals surface area (Å²) >= 11 is 0. The Bertz CT molecular complexity index is 1140. The van der Waals surface area contributed by atoms with Crippen LogP contribution in [0.5, 0.6) is 0 Å². The van der Waals surface area contributed by atoms with Crippen molar-refractivity contribution >= 4 is 23.3 Å². The molecule has 7 heteroatoms. The SMILES string of the molecule is COC(=O)c1ccc(C2C(c3ccc(C)cc3)=C(O)C(=O)N2c2cc(C)on2)cc1. The number of anilines is 1. The molecule has 152 valence electrons. The van der Waals surface area contributed by atoms with Gasteiger partial charge in [0.15, 0.2) is 11.6 Å². The molecule has 1 atom stereocenters. The monoisotopic (exact) mass is 404 g/mol. The van der Waals surface area contributed by atoms with E-state index in [4.69, 9.17) is 9.26 Å².